The van der Waals surface area contributed by atoms with Gasteiger partial charge in [-0.25, -0.2) is 0 Å². The van der Waals surface area contributed by atoms with Crippen molar-refractivity contribution in [1.29, 1.82) is 0 Å². The summed E-state index contributed by atoms with van der Waals surface area (Å²) in [6.07, 6.45) is 1.96. The average molecular weight is 293 g/mol. The molecule has 1 aliphatic heterocycles. The summed E-state index contributed by atoms with van der Waals surface area (Å²) >= 11 is 0. The van der Waals surface area contributed by atoms with E-state index in [1.807, 2.05) is 33.0 Å². The summed E-state index contributed by atoms with van der Waals surface area (Å²) in [5, 5.41) is 3.42. The van der Waals surface area contributed by atoms with Crippen LogP contribution >= 0.6 is 0 Å². The highest BCUT2D eigenvalue weighted by Gasteiger charge is 2.40. The van der Waals surface area contributed by atoms with Gasteiger partial charge in [-0.3, -0.25) is 0 Å². The van der Waals surface area contributed by atoms with Crippen molar-refractivity contribution in [2.45, 2.75) is 44.4 Å². The topological polar surface area (TPSA) is 39.7 Å². The van der Waals surface area contributed by atoms with Gasteiger partial charge in [-0.15, -0.1) is 0 Å². The number of methoxy groups -OCH3 is 1. The van der Waals surface area contributed by atoms with E-state index in [4.69, 9.17) is 14.2 Å². The fourth-order valence-corrected chi connectivity index (χ4v) is 3.10. The number of hydrogen-bond acceptors (Lipinski definition) is 4. The van der Waals surface area contributed by atoms with E-state index in [1.54, 1.807) is 7.11 Å². The summed E-state index contributed by atoms with van der Waals surface area (Å²) in [6, 6.07) is 8.41. The molecule has 4 nitrogen and oxygen atoms in total. The van der Waals surface area contributed by atoms with E-state index in [-0.39, 0.29) is 17.7 Å². The summed E-state index contributed by atoms with van der Waals surface area (Å²) in [5.41, 5.74) is 0.975. The van der Waals surface area contributed by atoms with Crippen LogP contribution in [0.25, 0.3) is 0 Å². The number of ether oxygens (including phenoxy) is 3. The summed E-state index contributed by atoms with van der Waals surface area (Å²) in [5.74, 6) is 0.904. The normalized spacial score (nSPS) is 19.5. The van der Waals surface area contributed by atoms with Crippen molar-refractivity contribution in [3.63, 3.8) is 0 Å². The van der Waals surface area contributed by atoms with Gasteiger partial charge in [0.2, 0.25) is 0 Å². The third-order valence-electron chi connectivity index (χ3n) is 4.12. The molecular weight excluding hydrogens is 266 g/mol. The van der Waals surface area contributed by atoms with Crippen LogP contribution in [0.4, 0.5) is 0 Å². The molecular formula is C17H27NO3. The van der Waals surface area contributed by atoms with Gasteiger partial charge < -0.3 is 19.5 Å². The predicted octanol–water partition coefficient (Wildman–Crippen LogP) is 2.93. The average Bonchev–Trinajstić information content (AvgIpc) is 2.48. The van der Waals surface area contributed by atoms with Gasteiger partial charge in [0.25, 0.3) is 0 Å². The smallest absolute Gasteiger partial charge is 0.120 e. The van der Waals surface area contributed by atoms with Gasteiger partial charge in [0, 0.05) is 33.2 Å². The second-order valence-corrected chi connectivity index (χ2v) is 5.84. The Hall–Kier alpha value is -1.10. The van der Waals surface area contributed by atoms with Crippen LogP contribution in [0, 0.1) is 0 Å². The van der Waals surface area contributed by atoms with E-state index in [9.17, 15) is 0 Å². The minimum Gasteiger partial charge on any atom is -0.491 e. The number of hydrogen-bond donors (Lipinski definition) is 1. The number of benzene rings is 1. The standard InChI is InChI=1S/C17H27NO3/c1-13(2)21-15-7-5-6-14(12-15)16(18-3)17(19-4)8-10-20-11-9-17/h5-7,12-13,16,18H,8-11H2,1-4H3. The van der Waals surface area contributed by atoms with Crippen molar-refractivity contribution in [3.05, 3.63) is 29.8 Å². The van der Waals surface area contributed by atoms with Gasteiger partial charge in [-0.2, -0.15) is 0 Å². The highest BCUT2D eigenvalue weighted by molar-refractivity contribution is 5.32. The Balaban J connectivity index is 2.27. The zero-order valence-corrected chi connectivity index (χ0v) is 13.5. The van der Waals surface area contributed by atoms with Crippen LogP contribution in [-0.2, 0) is 9.47 Å². The molecule has 1 heterocycles. The summed E-state index contributed by atoms with van der Waals surface area (Å²) in [4.78, 5) is 0. The van der Waals surface area contributed by atoms with Crippen molar-refractivity contribution in [2.24, 2.45) is 0 Å². The lowest BCUT2D eigenvalue weighted by atomic mass is 9.82. The van der Waals surface area contributed by atoms with Gasteiger partial charge in [0.15, 0.2) is 0 Å². The molecule has 0 saturated carbocycles. The van der Waals surface area contributed by atoms with Gasteiger partial charge in [-0.05, 0) is 38.6 Å². The van der Waals surface area contributed by atoms with E-state index < -0.39 is 0 Å². The van der Waals surface area contributed by atoms with Crippen molar-refractivity contribution in [3.8, 4) is 5.75 Å². The highest BCUT2D eigenvalue weighted by Crippen LogP contribution is 2.38. The van der Waals surface area contributed by atoms with Gasteiger partial charge in [-0.1, -0.05) is 12.1 Å². The lowest BCUT2D eigenvalue weighted by Gasteiger charge is -2.42. The molecule has 1 atom stereocenters. The van der Waals surface area contributed by atoms with Crippen molar-refractivity contribution >= 4 is 0 Å². The zero-order chi connectivity index (χ0) is 15.3. The van der Waals surface area contributed by atoms with Crippen LogP contribution in [0.15, 0.2) is 24.3 Å². The van der Waals surface area contributed by atoms with Gasteiger partial charge in [0.05, 0.1) is 17.7 Å². The van der Waals surface area contributed by atoms with E-state index in [1.165, 1.54) is 5.56 Å². The monoisotopic (exact) mass is 293 g/mol. The molecule has 1 unspecified atom stereocenters. The molecule has 0 aliphatic carbocycles. The van der Waals surface area contributed by atoms with Crippen LogP contribution in [-0.4, -0.2) is 39.1 Å². The largest absolute Gasteiger partial charge is 0.491 e. The first kappa shape index (κ1) is 16.3. The van der Waals surface area contributed by atoms with Crippen LogP contribution in [0.1, 0.15) is 38.3 Å². The van der Waals surface area contributed by atoms with Crippen molar-refractivity contribution in [1.82, 2.24) is 5.32 Å². The Labute approximate surface area is 127 Å². The Morgan fingerprint density at radius 3 is 2.52 bits per heavy atom. The maximum absolute atomic E-state index is 5.92. The molecule has 21 heavy (non-hydrogen) atoms. The SMILES string of the molecule is CNC(c1cccc(OC(C)C)c1)C1(OC)CCOCC1. The van der Waals surface area contributed by atoms with Crippen molar-refractivity contribution < 1.29 is 14.2 Å². The van der Waals surface area contributed by atoms with Crippen LogP contribution in [0.2, 0.25) is 0 Å². The predicted molar refractivity (Wildman–Crippen MR) is 83.8 cm³/mol. The molecule has 1 fully saturated rings. The number of nitrogens with one attached hydrogen (secondary N) is 1. The first-order chi connectivity index (χ1) is 10.1. The number of likely N-dealkylation sites (N-methyl/N-ethyl adjacent to an activating group) is 1. The molecule has 1 saturated heterocycles. The van der Waals surface area contributed by atoms with Gasteiger partial charge in [0.1, 0.15) is 5.75 Å². The lowest BCUT2D eigenvalue weighted by Crippen LogP contribution is -2.48. The molecule has 0 aromatic heterocycles. The third kappa shape index (κ3) is 3.76. The summed E-state index contributed by atoms with van der Waals surface area (Å²) in [7, 11) is 3.78. The van der Waals surface area contributed by atoms with Crippen LogP contribution in [0.5, 0.6) is 5.75 Å². The molecule has 1 aromatic carbocycles. The van der Waals surface area contributed by atoms with E-state index in [2.05, 4.69) is 17.4 Å². The summed E-state index contributed by atoms with van der Waals surface area (Å²) < 4.78 is 17.2. The van der Waals surface area contributed by atoms with E-state index >= 15 is 0 Å². The van der Waals surface area contributed by atoms with Crippen LogP contribution < -0.4 is 10.1 Å². The quantitative estimate of drug-likeness (QED) is 0.875. The second kappa shape index (κ2) is 7.25. The number of rotatable bonds is 6. The molecule has 0 spiro atoms. The Morgan fingerprint density at radius 2 is 1.95 bits per heavy atom. The molecule has 0 radical (unpaired) electrons. The molecule has 0 bridgehead atoms. The molecule has 2 rings (SSSR count). The lowest BCUT2D eigenvalue weighted by molar-refractivity contribution is -0.110. The molecule has 1 aromatic rings. The first-order valence-corrected chi connectivity index (χ1v) is 7.68. The Kier molecular flexibility index (Phi) is 5.62. The second-order valence-electron chi connectivity index (χ2n) is 5.84. The maximum Gasteiger partial charge on any atom is 0.120 e. The first-order valence-electron chi connectivity index (χ1n) is 7.68. The van der Waals surface area contributed by atoms with Crippen molar-refractivity contribution in [2.75, 3.05) is 27.4 Å². The molecule has 118 valence electrons. The highest BCUT2D eigenvalue weighted by atomic mass is 16.5. The summed E-state index contributed by atoms with van der Waals surface area (Å²) in [6.45, 7) is 5.57. The maximum atomic E-state index is 5.92. The van der Waals surface area contributed by atoms with E-state index in [0.717, 1.165) is 31.8 Å². The molecule has 1 N–H and O–H groups in total. The molecule has 4 heteroatoms. The Bertz CT molecular complexity index is 441. The zero-order valence-electron chi connectivity index (χ0n) is 13.5. The minimum absolute atomic E-state index is 0.127. The van der Waals surface area contributed by atoms with E-state index in [0.29, 0.717) is 0 Å². The van der Waals surface area contributed by atoms with Gasteiger partial charge >= 0.3 is 0 Å². The fourth-order valence-electron chi connectivity index (χ4n) is 3.10. The fraction of sp³-hybridized carbons (Fsp3) is 0.647. The van der Waals surface area contributed by atoms with Crippen LogP contribution in [0.3, 0.4) is 0 Å². The molecule has 1 aliphatic rings. The molecule has 0 amide bonds. The third-order valence-corrected chi connectivity index (χ3v) is 4.12. The minimum atomic E-state index is -0.219. The Morgan fingerprint density at radius 1 is 1.24 bits per heavy atom.